The van der Waals surface area contributed by atoms with Gasteiger partial charge in [-0.3, -0.25) is 9.69 Å². The number of amides is 1. The van der Waals surface area contributed by atoms with Crippen molar-refractivity contribution in [3.05, 3.63) is 107 Å². The molecule has 0 radical (unpaired) electrons. The van der Waals surface area contributed by atoms with E-state index in [4.69, 9.17) is 6.42 Å². The number of fused-ring (bicyclic) bond motifs is 1. The average Bonchev–Trinajstić information content (AvgIpc) is 2.72. The second-order valence-corrected chi connectivity index (χ2v) is 6.73. The molecular formula is C24H19NO. The van der Waals surface area contributed by atoms with Crippen LogP contribution in [0.2, 0.25) is 0 Å². The van der Waals surface area contributed by atoms with Crippen LogP contribution in [-0.4, -0.2) is 10.8 Å². The maximum Gasteiger partial charge on any atom is 0.266 e. The number of benzene rings is 3. The molecule has 1 aliphatic heterocycles. The number of hydrogen-bond acceptors (Lipinski definition) is 1. The fourth-order valence-electron chi connectivity index (χ4n) is 4.12. The van der Waals surface area contributed by atoms with Gasteiger partial charge < -0.3 is 0 Å². The van der Waals surface area contributed by atoms with Crippen molar-refractivity contribution in [2.24, 2.45) is 0 Å². The van der Waals surface area contributed by atoms with E-state index < -0.39 is 5.41 Å². The first kappa shape index (κ1) is 16.2. The number of rotatable bonds is 2. The summed E-state index contributed by atoms with van der Waals surface area (Å²) in [4.78, 5) is 14.7. The van der Waals surface area contributed by atoms with Crippen LogP contribution >= 0.6 is 0 Å². The molecular weight excluding hydrogens is 318 g/mol. The van der Waals surface area contributed by atoms with Crippen molar-refractivity contribution in [3.8, 4) is 12.5 Å². The highest BCUT2D eigenvalue weighted by molar-refractivity contribution is 5.99. The minimum Gasteiger partial charge on any atom is -0.268 e. The maximum atomic E-state index is 13.1. The van der Waals surface area contributed by atoms with Gasteiger partial charge in [-0.25, -0.2) is 0 Å². The lowest BCUT2D eigenvalue weighted by Gasteiger charge is -2.47. The summed E-state index contributed by atoms with van der Waals surface area (Å²) in [7, 11) is 0. The quantitative estimate of drug-likeness (QED) is 0.616. The predicted octanol–water partition coefficient (Wildman–Crippen LogP) is 4.78. The van der Waals surface area contributed by atoms with E-state index >= 15 is 0 Å². The standard InChI is InChI=1S/C24H19NO/c1-3-25-22(18-12-6-4-7-13-18)24(2,19-14-8-5-9-15-19)21-17-11-10-16-20(21)23(25)26/h1,4-17,22H,2H3. The summed E-state index contributed by atoms with van der Waals surface area (Å²) >= 11 is 0. The zero-order valence-electron chi connectivity index (χ0n) is 14.6. The van der Waals surface area contributed by atoms with Gasteiger partial charge in [-0.05, 0) is 29.7 Å². The number of carbonyl (C=O) groups is 1. The summed E-state index contributed by atoms with van der Waals surface area (Å²) < 4.78 is 0. The lowest BCUT2D eigenvalue weighted by Crippen LogP contribution is -2.49. The molecule has 0 bridgehead atoms. The van der Waals surface area contributed by atoms with Crippen LogP contribution in [0.4, 0.5) is 0 Å². The molecule has 26 heavy (non-hydrogen) atoms. The third kappa shape index (κ3) is 2.25. The summed E-state index contributed by atoms with van der Waals surface area (Å²) in [5, 5.41) is 0. The van der Waals surface area contributed by atoms with Crippen LogP contribution in [0.5, 0.6) is 0 Å². The van der Waals surface area contributed by atoms with Crippen molar-refractivity contribution in [1.29, 1.82) is 0 Å². The molecule has 0 saturated heterocycles. The number of hydrogen-bond donors (Lipinski definition) is 0. The smallest absolute Gasteiger partial charge is 0.266 e. The van der Waals surface area contributed by atoms with Gasteiger partial charge in [-0.15, -0.1) is 0 Å². The molecule has 2 heteroatoms. The Bertz CT molecular complexity index is 987. The van der Waals surface area contributed by atoms with E-state index in [9.17, 15) is 4.79 Å². The highest BCUT2D eigenvalue weighted by Crippen LogP contribution is 2.50. The minimum absolute atomic E-state index is 0.120. The maximum absolute atomic E-state index is 13.1. The third-order valence-corrected chi connectivity index (χ3v) is 5.37. The Morgan fingerprint density at radius 2 is 1.46 bits per heavy atom. The molecule has 0 N–H and O–H groups in total. The topological polar surface area (TPSA) is 20.3 Å². The molecule has 1 amide bonds. The van der Waals surface area contributed by atoms with Crippen molar-refractivity contribution in [2.45, 2.75) is 18.4 Å². The van der Waals surface area contributed by atoms with E-state index in [0.29, 0.717) is 5.56 Å². The average molecular weight is 337 g/mol. The minimum atomic E-state index is -0.459. The largest absolute Gasteiger partial charge is 0.268 e. The van der Waals surface area contributed by atoms with E-state index in [1.165, 1.54) is 0 Å². The molecule has 2 nitrogen and oxygen atoms in total. The zero-order chi connectivity index (χ0) is 18.1. The van der Waals surface area contributed by atoms with Gasteiger partial charge in [0.25, 0.3) is 5.91 Å². The van der Waals surface area contributed by atoms with Gasteiger partial charge in [0.1, 0.15) is 0 Å². The van der Waals surface area contributed by atoms with Gasteiger partial charge in [-0.2, -0.15) is 0 Å². The zero-order valence-corrected chi connectivity index (χ0v) is 14.6. The summed E-state index contributed by atoms with van der Waals surface area (Å²) in [6.07, 6.45) is 5.83. The van der Waals surface area contributed by atoms with Crippen LogP contribution in [0.1, 0.15) is 40.0 Å². The van der Waals surface area contributed by atoms with Crippen LogP contribution in [0, 0.1) is 12.5 Å². The van der Waals surface area contributed by atoms with Crippen molar-refractivity contribution in [1.82, 2.24) is 4.90 Å². The Hall–Kier alpha value is -3.31. The van der Waals surface area contributed by atoms with E-state index in [1.807, 2.05) is 72.8 Å². The van der Waals surface area contributed by atoms with Gasteiger partial charge in [0.05, 0.1) is 6.04 Å². The monoisotopic (exact) mass is 337 g/mol. The molecule has 1 heterocycles. The molecule has 3 aromatic rings. The molecule has 2 atom stereocenters. The summed E-state index contributed by atoms with van der Waals surface area (Å²) in [5.74, 6) is -0.120. The Morgan fingerprint density at radius 1 is 0.885 bits per heavy atom. The predicted molar refractivity (Wildman–Crippen MR) is 104 cm³/mol. The van der Waals surface area contributed by atoms with Crippen LogP contribution < -0.4 is 0 Å². The molecule has 0 aliphatic carbocycles. The lowest BCUT2D eigenvalue weighted by molar-refractivity contribution is 0.0699. The summed E-state index contributed by atoms with van der Waals surface area (Å²) in [6, 6.07) is 30.5. The molecule has 0 aromatic heterocycles. The number of terminal acetylenes is 1. The van der Waals surface area contributed by atoms with E-state index in [1.54, 1.807) is 4.90 Å². The summed E-state index contributed by atoms with van der Waals surface area (Å²) in [5.41, 5.74) is 3.38. The van der Waals surface area contributed by atoms with Crippen LogP contribution in [0.15, 0.2) is 84.9 Å². The Morgan fingerprint density at radius 3 is 2.12 bits per heavy atom. The Balaban J connectivity index is 2.07. The SMILES string of the molecule is C#CN1C(=O)c2ccccc2C(C)(c2ccccc2)C1c1ccccc1. The first-order valence-electron chi connectivity index (χ1n) is 8.67. The summed E-state index contributed by atoms with van der Waals surface area (Å²) in [6.45, 7) is 2.18. The van der Waals surface area contributed by atoms with Gasteiger partial charge in [0, 0.05) is 17.0 Å². The first-order chi connectivity index (χ1) is 12.7. The molecule has 126 valence electrons. The van der Waals surface area contributed by atoms with E-state index in [-0.39, 0.29) is 11.9 Å². The Kier molecular flexibility index (Phi) is 3.86. The van der Waals surface area contributed by atoms with Gasteiger partial charge in [-0.1, -0.05) is 85.3 Å². The second kappa shape index (κ2) is 6.20. The van der Waals surface area contributed by atoms with Crippen molar-refractivity contribution in [3.63, 3.8) is 0 Å². The third-order valence-electron chi connectivity index (χ3n) is 5.37. The second-order valence-electron chi connectivity index (χ2n) is 6.73. The van der Waals surface area contributed by atoms with E-state index in [2.05, 4.69) is 25.1 Å². The van der Waals surface area contributed by atoms with Gasteiger partial charge >= 0.3 is 0 Å². The highest BCUT2D eigenvalue weighted by atomic mass is 16.2. The number of nitrogens with zero attached hydrogens (tertiary/aromatic N) is 1. The molecule has 4 rings (SSSR count). The molecule has 3 aromatic carbocycles. The first-order valence-corrected chi connectivity index (χ1v) is 8.67. The molecule has 0 saturated carbocycles. The van der Waals surface area contributed by atoms with E-state index in [0.717, 1.165) is 16.7 Å². The normalized spacial score (nSPS) is 21.8. The van der Waals surface area contributed by atoms with Gasteiger partial charge in [0.15, 0.2) is 0 Å². The van der Waals surface area contributed by atoms with Crippen molar-refractivity contribution in [2.75, 3.05) is 0 Å². The number of carbonyl (C=O) groups excluding carboxylic acids is 1. The fourth-order valence-corrected chi connectivity index (χ4v) is 4.12. The lowest BCUT2D eigenvalue weighted by atomic mass is 9.64. The molecule has 2 unspecified atom stereocenters. The molecule has 0 spiro atoms. The van der Waals surface area contributed by atoms with Crippen LogP contribution in [-0.2, 0) is 5.41 Å². The van der Waals surface area contributed by atoms with Crippen molar-refractivity contribution < 1.29 is 4.79 Å². The fraction of sp³-hybridized carbons (Fsp3) is 0.125. The molecule has 1 aliphatic rings. The highest BCUT2D eigenvalue weighted by Gasteiger charge is 2.49. The Labute approximate surface area is 154 Å². The van der Waals surface area contributed by atoms with Gasteiger partial charge in [0.2, 0.25) is 0 Å². The van der Waals surface area contributed by atoms with Crippen molar-refractivity contribution >= 4 is 5.91 Å². The van der Waals surface area contributed by atoms with Crippen LogP contribution in [0.25, 0.3) is 0 Å². The molecule has 0 fully saturated rings. The van der Waals surface area contributed by atoms with Crippen LogP contribution in [0.3, 0.4) is 0 Å².